The topological polar surface area (TPSA) is 60.2 Å². The van der Waals surface area contributed by atoms with Crippen LogP contribution in [0.1, 0.15) is 42.4 Å². The molecule has 0 aliphatic heterocycles. The zero-order valence-corrected chi connectivity index (χ0v) is 12.5. The van der Waals surface area contributed by atoms with Crippen LogP contribution >= 0.6 is 0 Å². The van der Waals surface area contributed by atoms with Crippen LogP contribution < -0.4 is 0 Å². The minimum Gasteiger partial charge on any atom is -0.274 e. The average molecular weight is 276 g/mol. The summed E-state index contributed by atoms with van der Waals surface area (Å²) in [6.07, 6.45) is 2.65. The third-order valence-electron chi connectivity index (χ3n) is 3.49. The molecule has 20 heavy (non-hydrogen) atoms. The lowest BCUT2D eigenvalue weighted by Gasteiger charge is -2.15. The van der Waals surface area contributed by atoms with Crippen LogP contribution in [0.3, 0.4) is 0 Å². The zero-order chi connectivity index (χ0) is 14.9. The van der Waals surface area contributed by atoms with E-state index in [0.717, 1.165) is 23.1 Å². The lowest BCUT2D eigenvalue weighted by molar-refractivity contribution is -0.0755. The van der Waals surface area contributed by atoms with Crippen LogP contribution in [0.25, 0.3) is 11.0 Å². The fourth-order valence-electron chi connectivity index (χ4n) is 2.07. The van der Waals surface area contributed by atoms with Crippen molar-refractivity contribution >= 4 is 16.9 Å². The summed E-state index contributed by atoms with van der Waals surface area (Å²) in [6.45, 7) is 6.05. The van der Waals surface area contributed by atoms with E-state index < -0.39 is 0 Å². The number of hydroxylamine groups is 2. The molecule has 0 bridgehead atoms. The van der Waals surface area contributed by atoms with Gasteiger partial charge >= 0.3 is 0 Å². The zero-order valence-electron chi connectivity index (χ0n) is 12.5. The van der Waals surface area contributed by atoms with Crippen molar-refractivity contribution in [2.45, 2.75) is 33.2 Å². The first kappa shape index (κ1) is 14.5. The summed E-state index contributed by atoms with van der Waals surface area (Å²) in [5.41, 5.74) is 2.09. The lowest BCUT2D eigenvalue weighted by atomic mass is 10.1. The molecule has 0 aromatic carbocycles. The largest absolute Gasteiger partial charge is 0.278 e. The summed E-state index contributed by atoms with van der Waals surface area (Å²) in [5, 5.41) is 6.34. The third-order valence-corrected chi connectivity index (χ3v) is 3.49. The van der Waals surface area contributed by atoms with Gasteiger partial charge in [0.2, 0.25) is 0 Å². The highest BCUT2D eigenvalue weighted by atomic mass is 16.7. The monoisotopic (exact) mass is 276 g/mol. The Morgan fingerprint density at radius 3 is 2.85 bits per heavy atom. The van der Waals surface area contributed by atoms with Crippen LogP contribution in [-0.4, -0.2) is 39.9 Å². The van der Waals surface area contributed by atoms with Gasteiger partial charge in [-0.25, -0.2) is 14.7 Å². The molecule has 108 valence electrons. The van der Waals surface area contributed by atoms with Gasteiger partial charge < -0.3 is 0 Å². The molecule has 0 saturated heterocycles. The number of pyridine rings is 1. The van der Waals surface area contributed by atoms with Gasteiger partial charge in [0.25, 0.3) is 5.91 Å². The van der Waals surface area contributed by atoms with Crippen molar-refractivity contribution in [1.29, 1.82) is 0 Å². The van der Waals surface area contributed by atoms with Crippen LogP contribution in [-0.2, 0) is 4.84 Å². The van der Waals surface area contributed by atoms with Crippen molar-refractivity contribution in [1.82, 2.24) is 19.8 Å². The van der Waals surface area contributed by atoms with E-state index in [1.54, 1.807) is 19.3 Å². The van der Waals surface area contributed by atoms with E-state index in [1.165, 1.54) is 12.2 Å². The minimum atomic E-state index is -0.202. The van der Waals surface area contributed by atoms with E-state index in [0.29, 0.717) is 5.56 Å². The van der Waals surface area contributed by atoms with Gasteiger partial charge in [-0.3, -0.25) is 9.63 Å². The Kier molecular flexibility index (Phi) is 4.04. The highest BCUT2D eigenvalue weighted by molar-refractivity contribution is 6.05. The summed E-state index contributed by atoms with van der Waals surface area (Å²) < 4.78 is 1.87. The summed E-state index contributed by atoms with van der Waals surface area (Å²) in [4.78, 5) is 21.8. The summed E-state index contributed by atoms with van der Waals surface area (Å²) in [5.74, 6) is -0.202. The molecule has 1 amide bonds. The number of hydrogen-bond acceptors (Lipinski definition) is 4. The Bertz CT molecular complexity index is 635. The molecule has 0 aliphatic rings. The van der Waals surface area contributed by atoms with Gasteiger partial charge in [0.05, 0.1) is 30.3 Å². The molecule has 0 N–H and O–H groups in total. The normalized spacial score (nSPS) is 12.7. The molecule has 2 heterocycles. The maximum atomic E-state index is 12.3. The molecule has 0 radical (unpaired) electrons. The number of fused-ring (bicyclic) bond motifs is 1. The second-order valence-electron chi connectivity index (χ2n) is 4.88. The summed E-state index contributed by atoms with van der Waals surface area (Å²) in [7, 11) is 3.05. The SMILES string of the molecule is CC[C@H](C)n1ncc2c(C(=O)N(C)OC)cc(C)nc21. The van der Waals surface area contributed by atoms with E-state index in [9.17, 15) is 4.79 Å². The van der Waals surface area contributed by atoms with Crippen molar-refractivity contribution in [2.75, 3.05) is 14.2 Å². The third kappa shape index (κ3) is 2.38. The standard InChI is InChI=1S/C14H20N4O2/c1-6-10(3)18-13-12(8-15-18)11(7-9(2)16-13)14(19)17(4)20-5/h7-8,10H,6H2,1-5H3/t10-/m0/s1. The number of carbonyl (C=O) groups excluding carboxylic acids is 1. The number of aromatic nitrogens is 3. The van der Waals surface area contributed by atoms with Gasteiger partial charge in [0.15, 0.2) is 5.65 Å². The van der Waals surface area contributed by atoms with Crippen molar-refractivity contribution in [3.8, 4) is 0 Å². The van der Waals surface area contributed by atoms with Gasteiger partial charge in [-0.15, -0.1) is 0 Å². The lowest BCUT2D eigenvalue weighted by Crippen LogP contribution is -2.25. The number of amides is 1. The molecule has 0 unspecified atom stereocenters. The van der Waals surface area contributed by atoms with Gasteiger partial charge in [-0.05, 0) is 26.3 Å². The van der Waals surface area contributed by atoms with Gasteiger partial charge in [0, 0.05) is 12.7 Å². The quantitative estimate of drug-likeness (QED) is 0.804. The number of rotatable bonds is 4. The molecule has 6 heteroatoms. The predicted octanol–water partition coefficient (Wildman–Crippen LogP) is 2.34. The molecule has 2 aromatic heterocycles. The maximum Gasteiger partial charge on any atom is 0.278 e. The van der Waals surface area contributed by atoms with Crippen LogP contribution in [0.5, 0.6) is 0 Å². The molecule has 0 fully saturated rings. The van der Waals surface area contributed by atoms with E-state index in [-0.39, 0.29) is 11.9 Å². The fourth-order valence-corrected chi connectivity index (χ4v) is 2.07. The molecule has 0 spiro atoms. The second-order valence-corrected chi connectivity index (χ2v) is 4.88. The first-order chi connectivity index (χ1) is 9.49. The Morgan fingerprint density at radius 2 is 2.25 bits per heavy atom. The van der Waals surface area contributed by atoms with E-state index in [1.807, 2.05) is 11.6 Å². The van der Waals surface area contributed by atoms with Crippen molar-refractivity contribution in [3.63, 3.8) is 0 Å². The van der Waals surface area contributed by atoms with Crippen molar-refractivity contribution in [2.24, 2.45) is 0 Å². The van der Waals surface area contributed by atoms with Crippen LogP contribution in [0, 0.1) is 6.92 Å². The predicted molar refractivity (Wildman–Crippen MR) is 76.4 cm³/mol. The van der Waals surface area contributed by atoms with Gasteiger partial charge in [0.1, 0.15) is 0 Å². The van der Waals surface area contributed by atoms with E-state index in [2.05, 4.69) is 23.9 Å². The van der Waals surface area contributed by atoms with Gasteiger partial charge in [-0.1, -0.05) is 6.92 Å². The molecule has 2 aromatic rings. The van der Waals surface area contributed by atoms with Crippen LogP contribution in [0.4, 0.5) is 0 Å². The minimum absolute atomic E-state index is 0.202. The molecular weight excluding hydrogens is 256 g/mol. The molecule has 0 aliphatic carbocycles. The van der Waals surface area contributed by atoms with Crippen molar-refractivity contribution in [3.05, 3.63) is 23.5 Å². The maximum absolute atomic E-state index is 12.3. The fraction of sp³-hybridized carbons (Fsp3) is 0.500. The Labute approximate surface area is 118 Å². The number of aryl methyl sites for hydroxylation is 1. The highest BCUT2D eigenvalue weighted by Gasteiger charge is 2.20. The molecule has 2 rings (SSSR count). The first-order valence-electron chi connectivity index (χ1n) is 6.66. The average Bonchev–Trinajstić information content (AvgIpc) is 2.87. The molecule has 6 nitrogen and oxygen atoms in total. The first-order valence-corrected chi connectivity index (χ1v) is 6.66. The van der Waals surface area contributed by atoms with E-state index in [4.69, 9.17) is 4.84 Å². The smallest absolute Gasteiger partial charge is 0.274 e. The van der Waals surface area contributed by atoms with Crippen molar-refractivity contribution < 1.29 is 9.63 Å². The Morgan fingerprint density at radius 1 is 1.55 bits per heavy atom. The molecule has 1 atom stereocenters. The summed E-state index contributed by atoms with van der Waals surface area (Å²) in [6, 6.07) is 2.01. The highest BCUT2D eigenvalue weighted by Crippen LogP contribution is 2.23. The summed E-state index contributed by atoms with van der Waals surface area (Å²) >= 11 is 0. The second kappa shape index (κ2) is 5.58. The van der Waals surface area contributed by atoms with Gasteiger partial charge in [-0.2, -0.15) is 5.10 Å². The number of carbonyl (C=O) groups is 1. The van der Waals surface area contributed by atoms with E-state index >= 15 is 0 Å². The number of hydrogen-bond donors (Lipinski definition) is 0. The Hall–Kier alpha value is -1.95. The molecular formula is C14H20N4O2. The number of nitrogens with zero attached hydrogens (tertiary/aromatic N) is 4. The molecule has 0 saturated carbocycles. The van der Waals surface area contributed by atoms with Crippen LogP contribution in [0.2, 0.25) is 0 Å². The van der Waals surface area contributed by atoms with Crippen LogP contribution in [0.15, 0.2) is 12.3 Å². The Balaban J connectivity index is 2.62.